The molecule has 1 aliphatic heterocycles. The molecule has 15 heavy (non-hydrogen) atoms. The maximum atomic E-state index is 10.7. The highest BCUT2D eigenvalue weighted by atomic mass is 79.9. The van der Waals surface area contributed by atoms with Gasteiger partial charge in [0.15, 0.2) is 5.37 Å². The van der Waals surface area contributed by atoms with Crippen LogP contribution in [0, 0.1) is 0 Å². The zero-order valence-corrected chi connectivity index (χ0v) is 10.3. The Bertz CT molecular complexity index is 385. The van der Waals surface area contributed by atoms with E-state index in [0.717, 1.165) is 10.0 Å². The van der Waals surface area contributed by atoms with E-state index in [1.54, 1.807) is 11.8 Å². The molecule has 2 atom stereocenters. The van der Waals surface area contributed by atoms with Crippen molar-refractivity contribution < 1.29 is 15.2 Å². The molecule has 2 unspecified atom stereocenters. The molecule has 3 nitrogen and oxygen atoms in total. The molecule has 1 aromatic carbocycles. The first-order chi connectivity index (χ1) is 7.18. The summed E-state index contributed by atoms with van der Waals surface area (Å²) in [4.78, 5) is 10.7. The van der Waals surface area contributed by atoms with Crippen LogP contribution in [-0.4, -0.2) is 17.8 Å². The lowest BCUT2D eigenvalue weighted by Crippen LogP contribution is -2.90. The normalized spacial score (nSPS) is 25.4. The summed E-state index contributed by atoms with van der Waals surface area (Å²) in [6, 6.07) is 7.46. The van der Waals surface area contributed by atoms with E-state index in [1.807, 2.05) is 29.6 Å². The van der Waals surface area contributed by atoms with Gasteiger partial charge in [0.1, 0.15) is 12.0 Å². The Hall–Kier alpha value is -0.520. The number of thioether (sulfide) groups is 1. The van der Waals surface area contributed by atoms with Crippen molar-refractivity contribution in [2.24, 2.45) is 0 Å². The molecule has 1 saturated heterocycles. The Morgan fingerprint density at radius 1 is 1.53 bits per heavy atom. The third-order valence-electron chi connectivity index (χ3n) is 2.38. The fourth-order valence-electron chi connectivity index (χ4n) is 1.58. The second-order valence-corrected chi connectivity index (χ2v) is 5.42. The van der Waals surface area contributed by atoms with Gasteiger partial charge in [-0.05, 0) is 6.07 Å². The lowest BCUT2D eigenvalue weighted by atomic mass is 10.2. The van der Waals surface area contributed by atoms with Crippen molar-refractivity contribution in [3.63, 3.8) is 0 Å². The van der Waals surface area contributed by atoms with E-state index in [4.69, 9.17) is 0 Å². The van der Waals surface area contributed by atoms with Gasteiger partial charge in [0.2, 0.25) is 0 Å². The molecule has 1 aromatic rings. The summed E-state index contributed by atoms with van der Waals surface area (Å²) in [5, 5.41) is 12.7. The first-order valence-corrected chi connectivity index (χ1v) is 6.44. The van der Waals surface area contributed by atoms with Gasteiger partial charge in [0.25, 0.3) is 0 Å². The van der Waals surface area contributed by atoms with E-state index in [2.05, 4.69) is 15.9 Å². The van der Waals surface area contributed by atoms with Crippen LogP contribution < -0.4 is 10.4 Å². The number of rotatable bonds is 2. The van der Waals surface area contributed by atoms with Crippen LogP contribution >= 0.6 is 27.7 Å². The molecule has 1 fully saturated rings. The third-order valence-corrected chi connectivity index (χ3v) is 4.42. The van der Waals surface area contributed by atoms with Gasteiger partial charge in [-0.3, -0.25) is 0 Å². The van der Waals surface area contributed by atoms with Crippen LogP contribution in [0.4, 0.5) is 0 Å². The fourth-order valence-corrected chi connectivity index (χ4v) is 3.61. The van der Waals surface area contributed by atoms with E-state index in [1.165, 1.54) is 0 Å². The number of quaternary nitrogens is 1. The highest BCUT2D eigenvalue weighted by Crippen LogP contribution is 2.31. The predicted octanol–water partition coefficient (Wildman–Crippen LogP) is -0.124. The Kier molecular flexibility index (Phi) is 3.33. The quantitative estimate of drug-likeness (QED) is 0.825. The van der Waals surface area contributed by atoms with E-state index < -0.39 is 12.0 Å². The van der Waals surface area contributed by atoms with Crippen molar-refractivity contribution in [3.8, 4) is 0 Å². The highest BCUT2D eigenvalue weighted by molar-refractivity contribution is 9.10. The van der Waals surface area contributed by atoms with Crippen LogP contribution in [0.1, 0.15) is 10.9 Å². The van der Waals surface area contributed by atoms with Gasteiger partial charge in [0, 0.05) is 10.0 Å². The van der Waals surface area contributed by atoms with E-state index >= 15 is 0 Å². The van der Waals surface area contributed by atoms with Crippen molar-refractivity contribution >= 4 is 33.7 Å². The maximum absolute atomic E-state index is 10.7. The first kappa shape index (κ1) is 11.0. The molecule has 1 aliphatic rings. The van der Waals surface area contributed by atoms with Gasteiger partial charge in [0.05, 0.1) is 5.75 Å². The molecule has 0 bridgehead atoms. The van der Waals surface area contributed by atoms with Crippen LogP contribution in [0.2, 0.25) is 0 Å². The lowest BCUT2D eigenvalue weighted by molar-refractivity contribution is -0.690. The molecule has 0 amide bonds. The summed E-state index contributed by atoms with van der Waals surface area (Å²) in [5.41, 5.74) is 1.13. The Morgan fingerprint density at radius 3 is 2.87 bits per heavy atom. The van der Waals surface area contributed by atoms with E-state index in [0.29, 0.717) is 5.75 Å². The summed E-state index contributed by atoms with van der Waals surface area (Å²) in [5.74, 6) is -0.369. The van der Waals surface area contributed by atoms with Gasteiger partial charge in [-0.25, -0.2) is 0 Å². The molecule has 80 valence electrons. The molecule has 0 aliphatic carbocycles. The number of carbonyl (C=O) groups excluding carboxylic acids is 1. The zero-order chi connectivity index (χ0) is 10.8. The molecule has 5 heteroatoms. The molecule has 0 aromatic heterocycles. The second-order valence-electron chi connectivity index (χ2n) is 3.39. The molecule has 1 heterocycles. The summed E-state index contributed by atoms with van der Waals surface area (Å²) in [6.07, 6.45) is 0. The van der Waals surface area contributed by atoms with Crippen LogP contribution in [0.3, 0.4) is 0 Å². The standard InChI is InChI=1S/C10H10BrNO2S/c11-7-4-2-1-3-6(7)9-12-8(5-15-9)10(13)14/h1-4,8-9,12H,5H2,(H,13,14). The maximum Gasteiger partial charge on any atom is 0.160 e. The SMILES string of the molecule is O=C([O-])C1CSC(c2ccccc2Br)[NH2+]1. The summed E-state index contributed by atoms with van der Waals surface area (Å²) in [6.45, 7) is 0. The minimum atomic E-state index is -0.975. The number of nitrogens with two attached hydrogens (primary N) is 1. The van der Waals surface area contributed by atoms with E-state index in [-0.39, 0.29) is 5.37 Å². The predicted molar refractivity (Wildman–Crippen MR) is 60.1 cm³/mol. The zero-order valence-electron chi connectivity index (χ0n) is 7.85. The first-order valence-electron chi connectivity index (χ1n) is 4.60. The Morgan fingerprint density at radius 2 is 2.27 bits per heavy atom. The van der Waals surface area contributed by atoms with Gasteiger partial charge < -0.3 is 15.2 Å². The summed E-state index contributed by atoms with van der Waals surface area (Å²) >= 11 is 5.11. The van der Waals surface area contributed by atoms with Crippen LogP contribution in [0.5, 0.6) is 0 Å². The number of halogens is 1. The Labute approximate surface area is 100 Å². The minimum Gasteiger partial charge on any atom is -0.544 e. The third kappa shape index (κ3) is 2.35. The van der Waals surface area contributed by atoms with Crippen LogP contribution in [-0.2, 0) is 4.79 Å². The monoisotopic (exact) mass is 287 g/mol. The van der Waals surface area contributed by atoms with Crippen molar-refractivity contribution in [2.45, 2.75) is 11.4 Å². The minimum absolute atomic E-state index is 0.156. The average molecular weight is 288 g/mol. The van der Waals surface area contributed by atoms with Crippen molar-refractivity contribution in [3.05, 3.63) is 34.3 Å². The van der Waals surface area contributed by atoms with Crippen molar-refractivity contribution in [1.82, 2.24) is 0 Å². The summed E-state index contributed by atoms with van der Waals surface area (Å²) < 4.78 is 1.03. The smallest absolute Gasteiger partial charge is 0.160 e. The number of hydrogen-bond donors (Lipinski definition) is 1. The van der Waals surface area contributed by atoms with Crippen LogP contribution in [0.25, 0.3) is 0 Å². The number of carbonyl (C=O) groups is 1. The van der Waals surface area contributed by atoms with Gasteiger partial charge in [-0.1, -0.05) is 45.9 Å². The summed E-state index contributed by atoms with van der Waals surface area (Å²) in [7, 11) is 0. The molecular formula is C10H10BrNO2S. The number of hydrogen-bond acceptors (Lipinski definition) is 3. The van der Waals surface area contributed by atoms with Gasteiger partial charge in [-0.2, -0.15) is 0 Å². The highest BCUT2D eigenvalue weighted by Gasteiger charge is 2.31. The van der Waals surface area contributed by atoms with Crippen molar-refractivity contribution in [2.75, 3.05) is 5.75 Å². The number of aliphatic carboxylic acids is 1. The topological polar surface area (TPSA) is 56.7 Å². The lowest BCUT2D eigenvalue weighted by Gasteiger charge is -2.11. The molecule has 0 saturated carbocycles. The number of carboxylic acids is 1. The number of carboxylic acid groups (broad SMARTS) is 1. The van der Waals surface area contributed by atoms with Gasteiger partial charge in [-0.15, -0.1) is 0 Å². The molecule has 2 rings (SSSR count). The largest absolute Gasteiger partial charge is 0.544 e. The molecule has 0 spiro atoms. The van der Waals surface area contributed by atoms with Crippen molar-refractivity contribution in [1.29, 1.82) is 0 Å². The molecular weight excluding hydrogens is 278 g/mol. The van der Waals surface area contributed by atoms with Crippen LogP contribution in [0.15, 0.2) is 28.7 Å². The second kappa shape index (κ2) is 4.55. The molecule has 0 radical (unpaired) electrons. The fraction of sp³-hybridized carbons (Fsp3) is 0.300. The number of benzene rings is 1. The Balaban J connectivity index is 2.14. The average Bonchev–Trinajstić information content (AvgIpc) is 2.67. The van der Waals surface area contributed by atoms with Gasteiger partial charge >= 0.3 is 0 Å². The molecule has 2 N–H and O–H groups in total. The van der Waals surface area contributed by atoms with E-state index in [9.17, 15) is 9.90 Å².